The highest BCUT2D eigenvalue weighted by molar-refractivity contribution is 7.99. The van der Waals surface area contributed by atoms with Crippen molar-refractivity contribution in [2.24, 2.45) is 0 Å². The normalized spacial score (nSPS) is 18.6. The minimum absolute atomic E-state index is 0.663. The summed E-state index contributed by atoms with van der Waals surface area (Å²) in [6.07, 6.45) is 1.28. The Labute approximate surface area is 124 Å². The molecule has 2 aromatic rings. The van der Waals surface area contributed by atoms with Crippen molar-refractivity contribution in [2.75, 3.05) is 24.7 Å². The van der Waals surface area contributed by atoms with Crippen LogP contribution in [0.25, 0.3) is 10.9 Å². The van der Waals surface area contributed by atoms with Crippen LogP contribution in [0.3, 0.4) is 0 Å². The molecule has 0 aliphatic carbocycles. The molecular weight excluding hydrogens is 268 g/mol. The van der Waals surface area contributed by atoms with E-state index in [4.69, 9.17) is 4.74 Å². The second-order valence-electron chi connectivity index (χ2n) is 5.14. The summed E-state index contributed by atoms with van der Waals surface area (Å²) in [6.45, 7) is 3.60. The third-order valence-electron chi connectivity index (χ3n) is 3.54. The second kappa shape index (κ2) is 6.46. The third kappa shape index (κ3) is 3.25. The van der Waals surface area contributed by atoms with E-state index in [0.29, 0.717) is 12.6 Å². The zero-order valence-electron chi connectivity index (χ0n) is 11.8. The Bertz CT molecular complexity index is 582. The number of thioether (sulfide) groups is 1. The highest BCUT2D eigenvalue weighted by Crippen LogP contribution is 2.23. The van der Waals surface area contributed by atoms with E-state index in [1.54, 1.807) is 0 Å². The van der Waals surface area contributed by atoms with Gasteiger partial charge in [-0.25, -0.2) is 4.98 Å². The van der Waals surface area contributed by atoms with Gasteiger partial charge >= 0.3 is 0 Å². The molecule has 1 atom stereocenters. The van der Waals surface area contributed by atoms with Gasteiger partial charge in [0.05, 0.1) is 0 Å². The number of rotatable bonds is 5. The van der Waals surface area contributed by atoms with Crippen LogP contribution < -0.4 is 10.1 Å². The second-order valence-corrected chi connectivity index (χ2v) is 6.29. The van der Waals surface area contributed by atoms with Gasteiger partial charge in [-0.1, -0.05) is 18.2 Å². The van der Waals surface area contributed by atoms with Crippen molar-refractivity contribution in [3.05, 3.63) is 36.0 Å². The van der Waals surface area contributed by atoms with Crippen molar-refractivity contribution >= 4 is 22.7 Å². The molecule has 0 radical (unpaired) electrons. The number of benzene rings is 1. The van der Waals surface area contributed by atoms with Gasteiger partial charge in [0, 0.05) is 29.4 Å². The number of aromatic nitrogens is 1. The zero-order valence-corrected chi connectivity index (χ0v) is 12.6. The van der Waals surface area contributed by atoms with Crippen LogP contribution in [-0.2, 0) is 0 Å². The fraction of sp³-hybridized carbons (Fsp3) is 0.438. The van der Waals surface area contributed by atoms with E-state index in [9.17, 15) is 0 Å². The lowest BCUT2D eigenvalue weighted by Crippen LogP contribution is -2.32. The number of hydrogen-bond donors (Lipinski definition) is 1. The number of nitrogens with one attached hydrogen (secondary N) is 1. The number of fused-ring (bicyclic) bond motifs is 1. The SMILES string of the molecule is Cc1ccc2cccc(OCCN[C@@H]3CCSC3)c2n1. The van der Waals surface area contributed by atoms with Crippen LogP contribution >= 0.6 is 11.8 Å². The molecule has 0 unspecified atom stereocenters. The van der Waals surface area contributed by atoms with Crippen LogP contribution in [0.15, 0.2) is 30.3 Å². The van der Waals surface area contributed by atoms with Gasteiger partial charge in [0.2, 0.25) is 0 Å². The van der Waals surface area contributed by atoms with Crippen molar-refractivity contribution in [2.45, 2.75) is 19.4 Å². The Balaban J connectivity index is 1.60. The summed E-state index contributed by atoms with van der Waals surface area (Å²) in [5.74, 6) is 3.40. The monoisotopic (exact) mass is 288 g/mol. The average molecular weight is 288 g/mol. The predicted octanol–water partition coefficient (Wildman–Crippen LogP) is 3.02. The van der Waals surface area contributed by atoms with Crippen LogP contribution in [-0.4, -0.2) is 35.7 Å². The summed E-state index contributed by atoms with van der Waals surface area (Å²) < 4.78 is 5.90. The topological polar surface area (TPSA) is 34.1 Å². The lowest BCUT2D eigenvalue weighted by atomic mass is 10.2. The summed E-state index contributed by atoms with van der Waals surface area (Å²) in [5, 5.41) is 4.68. The van der Waals surface area contributed by atoms with E-state index in [1.807, 2.05) is 36.9 Å². The number of hydrogen-bond acceptors (Lipinski definition) is 4. The van der Waals surface area contributed by atoms with Crippen molar-refractivity contribution in [3.63, 3.8) is 0 Å². The van der Waals surface area contributed by atoms with E-state index >= 15 is 0 Å². The molecule has 0 bridgehead atoms. The molecule has 0 spiro atoms. The van der Waals surface area contributed by atoms with Crippen molar-refractivity contribution in [1.82, 2.24) is 10.3 Å². The van der Waals surface area contributed by atoms with Crippen molar-refractivity contribution in [1.29, 1.82) is 0 Å². The first-order valence-corrected chi connectivity index (χ1v) is 8.29. The van der Waals surface area contributed by atoms with Crippen LogP contribution in [0.2, 0.25) is 0 Å². The summed E-state index contributed by atoms with van der Waals surface area (Å²) in [7, 11) is 0. The highest BCUT2D eigenvalue weighted by Gasteiger charge is 2.14. The summed E-state index contributed by atoms with van der Waals surface area (Å²) in [4.78, 5) is 4.58. The van der Waals surface area contributed by atoms with E-state index in [0.717, 1.165) is 28.9 Å². The quantitative estimate of drug-likeness (QED) is 0.858. The van der Waals surface area contributed by atoms with E-state index in [1.165, 1.54) is 17.9 Å². The van der Waals surface area contributed by atoms with Crippen molar-refractivity contribution < 1.29 is 4.74 Å². The molecule has 20 heavy (non-hydrogen) atoms. The van der Waals surface area contributed by atoms with Crippen LogP contribution in [0.4, 0.5) is 0 Å². The van der Waals surface area contributed by atoms with Gasteiger partial charge in [0.1, 0.15) is 17.9 Å². The summed E-state index contributed by atoms with van der Waals surface area (Å²) in [5.41, 5.74) is 1.98. The first-order valence-electron chi connectivity index (χ1n) is 7.13. The largest absolute Gasteiger partial charge is 0.490 e. The lowest BCUT2D eigenvalue weighted by Gasteiger charge is -2.13. The maximum Gasteiger partial charge on any atom is 0.145 e. The fourth-order valence-electron chi connectivity index (χ4n) is 2.45. The molecule has 0 saturated carbocycles. The zero-order chi connectivity index (χ0) is 13.8. The Morgan fingerprint density at radius 1 is 1.35 bits per heavy atom. The fourth-order valence-corrected chi connectivity index (χ4v) is 3.64. The first kappa shape index (κ1) is 13.7. The smallest absolute Gasteiger partial charge is 0.145 e. The van der Waals surface area contributed by atoms with Crippen molar-refractivity contribution in [3.8, 4) is 5.75 Å². The van der Waals surface area contributed by atoms with Gasteiger partial charge in [-0.2, -0.15) is 11.8 Å². The van der Waals surface area contributed by atoms with Gasteiger partial charge in [-0.3, -0.25) is 0 Å². The van der Waals surface area contributed by atoms with Gasteiger partial charge in [-0.05, 0) is 31.2 Å². The maximum atomic E-state index is 5.90. The van der Waals surface area contributed by atoms with E-state index < -0.39 is 0 Å². The summed E-state index contributed by atoms with van der Waals surface area (Å²) >= 11 is 2.03. The maximum absolute atomic E-state index is 5.90. The molecule has 3 nitrogen and oxygen atoms in total. The molecule has 1 aromatic heterocycles. The Kier molecular flexibility index (Phi) is 4.43. The number of para-hydroxylation sites is 1. The molecule has 1 aromatic carbocycles. The van der Waals surface area contributed by atoms with Gasteiger partial charge in [-0.15, -0.1) is 0 Å². The summed E-state index contributed by atoms with van der Waals surface area (Å²) in [6, 6.07) is 10.9. The lowest BCUT2D eigenvalue weighted by molar-refractivity contribution is 0.310. The molecular formula is C16H20N2OS. The molecule has 1 aliphatic rings. The van der Waals surface area contributed by atoms with Gasteiger partial charge < -0.3 is 10.1 Å². The molecule has 106 valence electrons. The number of ether oxygens (including phenoxy) is 1. The average Bonchev–Trinajstić information content (AvgIpc) is 2.97. The number of aryl methyl sites for hydroxylation is 1. The molecule has 0 amide bonds. The predicted molar refractivity (Wildman–Crippen MR) is 85.7 cm³/mol. The Morgan fingerprint density at radius 2 is 2.30 bits per heavy atom. The number of pyridine rings is 1. The van der Waals surface area contributed by atoms with E-state index in [2.05, 4.69) is 22.4 Å². The molecule has 3 rings (SSSR count). The Morgan fingerprint density at radius 3 is 3.15 bits per heavy atom. The van der Waals surface area contributed by atoms with Gasteiger partial charge in [0.25, 0.3) is 0 Å². The standard InChI is InChI=1S/C16H20N2OS/c1-12-5-6-13-3-2-4-15(16(13)18-12)19-9-8-17-14-7-10-20-11-14/h2-6,14,17H,7-11H2,1H3/t14-/m1/s1. The van der Waals surface area contributed by atoms with Crippen LogP contribution in [0, 0.1) is 6.92 Å². The highest BCUT2D eigenvalue weighted by atomic mass is 32.2. The molecule has 2 heterocycles. The molecule has 4 heteroatoms. The first-order chi connectivity index (χ1) is 9.83. The Hall–Kier alpha value is -1.26. The van der Waals surface area contributed by atoms with Crippen LogP contribution in [0.5, 0.6) is 5.75 Å². The molecule has 1 N–H and O–H groups in total. The van der Waals surface area contributed by atoms with E-state index in [-0.39, 0.29) is 0 Å². The molecule has 1 aliphatic heterocycles. The van der Waals surface area contributed by atoms with Crippen LogP contribution in [0.1, 0.15) is 12.1 Å². The van der Waals surface area contributed by atoms with Gasteiger partial charge in [0.15, 0.2) is 0 Å². The minimum Gasteiger partial charge on any atom is -0.490 e. The molecule has 1 saturated heterocycles. The third-order valence-corrected chi connectivity index (χ3v) is 4.71. The number of nitrogens with zero attached hydrogens (tertiary/aromatic N) is 1. The molecule has 1 fully saturated rings. The minimum atomic E-state index is 0.663.